The second kappa shape index (κ2) is 13.4. The Morgan fingerprint density at radius 2 is 1.71 bits per heavy atom. The van der Waals surface area contributed by atoms with Crippen LogP contribution in [0.1, 0.15) is 115 Å². The summed E-state index contributed by atoms with van der Waals surface area (Å²) in [7, 11) is 0. The van der Waals surface area contributed by atoms with E-state index in [1.807, 2.05) is 26.8 Å². The number of aryl methyl sites for hydroxylation is 2. The second-order valence-corrected chi connectivity index (χ2v) is 12.0. The fourth-order valence-electron chi connectivity index (χ4n) is 4.60. The normalized spacial score (nSPS) is 13.3. The van der Waals surface area contributed by atoms with Gasteiger partial charge < -0.3 is 14.5 Å². The molecule has 0 N–H and O–H groups in total. The molecule has 0 atom stereocenters. The van der Waals surface area contributed by atoms with Gasteiger partial charge in [0, 0.05) is 41.2 Å². The van der Waals surface area contributed by atoms with Crippen LogP contribution in [0.3, 0.4) is 0 Å². The number of ether oxygens (including phenoxy) is 1. The minimum absolute atomic E-state index is 0.0738. The van der Waals surface area contributed by atoms with Crippen LogP contribution in [0, 0.1) is 6.07 Å². The highest BCUT2D eigenvalue weighted by Gasteiger charge is 2.28. The number of fused-ring (bicyclic) bond motifs is 1. The van der Waals surface area contributed by atoms with E-state index in [1.165, 1.54) is 11.3 Å². The summed E-state index contributed by atoms with van der Waals surface area (Å²) >= 11 is 1.45. The van der Waals surface area contributed by atoms with Crippen molar-refractivity contribution in [1.82, 2.24) is 4.90 Å². The Balaban J connectivity index is 1.72. The van der Waals surface area contributed by atoms with Gasteiger partial charge in [-0.2, -0.15) is 0 Å². The van der Waals surface area contributed by atoms with Gasteiger partial charge in [0.15, 0.2) is 17.3 Å². The van der Waals surface area contributed by atoms with Crippen LogP contribution in [0.15, 0.2) is 12.1 Å². The van der Waals surface area contributed by atoms with Crippen molar-refractivity contribution >= 4 is 29.0 Å². The van der Waals surface area contributed by atoms with Crippen LogP contribution in [0.4, 0.5) is 4.79 Å². The number of hydrogen-bond acceptors (Lipinski definition) is 6. The van der Waals surface area contributed by atoms with E-state index in [-0.39, 0.29) is 36.3 Å². The molecule has 3 rings (SSSR count). The Hall–Kier alpha value is -2.71. The van der Waals surface area contributed by atoms with Crippen molar-refractivity contribution in [3.63, 3.8) is 0 Å². The molecule has 0 spiro atoms. The molecule has 2 heterocycles. The molecule has 1 aromatic heterocycles. The zero-order valence-corrected chi connectivity index (χ0v) is 24.1. The van der Waals surface area contributed by atoms with Gasteiger partial charge in [-0.1, -0.05) is 26.7 Å². The first-order chi connectivity index (χ1) is 18.1. The van der Waals surface area contributed by atoms with E-state index in [2.05, 4.69) is 24.8 Å². The Morgan fingerprint density at radius 3 is 2.37 bits per heavy atom. The summed E-state index contributed by atoms with van der Waals surface area (Å²) in [4.78, 5) is 46.6. The van der Waals surface area contributed by atoms with Crippen LogP contribution in [0.25, 0.3) is 0 Å². The van der Waals surface area contributed by atoms with Crippen molar-refractivity contribution in [3.05, 3.63) is 50.2 Å². The summed E-state index contributed by atoms with van der Waals surface area (Å²) in [5.74, 6) is -0.0589. The molecule has 0 fully saturated rings. The summed E-state index contributed by atoms with van der Waals surface area (Å²) in [6.07, 6.45) is 5.48. The molecule has 0 saturated heterocycles. The number of nitrogens with zero attached hydrogens (tertiary/aromatic N) is 1. The quantitative estimate of drug-likeness (QED) is 0.162. The van der Waals surface area contributed by atoms with Crippen LogP contribution in [-0.2, 0) is 35.8 Å². The van der Waals surface area contributed by atoms with Crippen molar-refractivity contribution in [2.45, 2.75) is 105 Å². The smallest absolute Gasteiger partial charge is 0.410 e. The number of ketones is 2. The SMILES string of the molecule is CCCCc1[c]c(O[O])cc(CCCC)c1C(=O)CCC(=O)c1cc2c(s1)CCN(C(=O)OC(C)(C)C)C2. The minimum atomic E-state index is -0.563. The first-order valence-electron chi connectivity index (χ1n) is 13.6. The lowest BCUT2D eigenvalue weighted by atomic mass is 9.89. The van der Waals surface area contributed by atoms with E-state index in [9.17, 15) is 19.6 Å². The van der Waals surface area contributed by atoms with Crippen LogP contribution in [-0.4, -0.2) is 34.7 Å². The molecule has 1 amide bonds. The molecule has 1 aliphatic heterocycles. The average Bonchev–Trinajstić information content (AvgIpc) is 3.31. The van der Waals surface area contributed by atoms with Gasteiger partial charge in [0.1, 0.15) is 5.60 Å². The number of carbonyl (C=O) groups excluding carboxylic acids is 3. The molecule has 8 heteroatoms. The Kier molecular flexibility index (Phi) is 10.5. The third-order valence-electron chi connectivity index (χ3n) is 6.52. The van der Waals surface area contributed by atoms with E-state index in [4.69, 9.17) is 4.74 Å². The maximum absolute atomic E-state index is 13.4. The van der Waals surface area contributed by atoms with Gasteiger partial charge in [-0.05, 0) is 81.7 Å². The van der Waals surface area contributed by atoms with E-state index >= 15 is 0 Å². The molecule has 1 aromatic carbocycles. The predicted molar refractivity (Wildman–Crippen MR) is 146 cm³/mol. The molecule has 0 saturated carbocycles. The summed E-state index contributed by atoms with van der Waals surface area (Å²) in [6, 6.07) is 6.47. The number of benzene rings is 1. The first-order valence-corrected chi connectivity index (χ1v) is 14.4. The first kappa shape index (κ1) is 29.8. The van der Waals surface area contributed by atoms with Crippen LogP contribution >= 0.6 is 11.3 Å². The van der Waals surface area contributed by atoms with Crippen LogP contribution in [0.5, 0.6) is 5.75 Å². The molecule has 0 unspecified atom stereocenters. The Bertz CT molecular complexity index is 1120. The molecule has 2 radical (unpaired) electrons. The van der Waals surface area contributed by atoms with Gasteiger partial charge in [0.05, 0.1) is 11.4 Å². The maximum atomic E-state index is 13.4. The monoisotopic (exact) mass is 541 g/mol. The largest absolute Gasteiger partial charge is 0.444 e. The fraction of sp³-hybridized carbons (Fsp3) is 0.567. The van der Waals surface area contributed by atoms with Gasteiger partial charge in [-0.3, -0.25) is 9.59 Å². The highest BCUT2D eigenvalue weighted by atomic mass is 32.1. The third kappa shape index (κ3) is 7.90. The van der Waals surface area contributed by atoms with Crippen LogP contribution < -0.4 is 4.89 Å². The third-order valence-corrected chi connectivity index (χ3v) is 7.80. The lowest BCUT2D eigenvalue weighted by Crippen LogP contribution is -2.39. The summed E-state index contributed by atoms with van der Waals surface area (Å²) in [6.45, 7) is 10.6. The summed E-state index contributed by atoms with van der Waals surface area (Å²) < 4.78 is 5.49. The summed E-state index contributed by atoms with van der Waals surface area (Å²) in [5, 5.41) is 11.2. The lowest BCUT2D eigenvalue weighted by Gasteiger charge is -2.29. The average molecular weight is 542 g/mol. The summed E-state index contributed by atoms with van der Waals surface area (Å²) in [5.41, 5.74) is 2.51. The second-order valence-electron chi connectivity index (χ2n) is 10.9. The van der Waals surface area contributed by atoms with Crippen molar-refractivity contribution in [1.29, 1.82) is 0 Å². The molecule has 38 heavy (non-hydrogen) atoms. The Labute approximate surface area is 230 Å². The highest BCUT2D eigenvalue weighted by molar-refractivity contribution is 7.14. The van der Waals surface area contributed by atoms with Crippen molar-refractivity contribution < 1.29 is 29.3 Å². The van der Waals surface area contributed by atoms with Gasteiger partial charge in [0.2, 0.25) is 0 Å². The number of Topliss-reactive ketones (excluding diaryl/α,β-unsaturated/α-hetero) is 2. The zero-order valence-electron chi connectivity index (χ0n) is 23.2. The zero-order chi connectivity index (χ0) is 27.9. The standard InChI is InChI=1S/C30H39NO6S/c1-6-8-10-20-16-23(37-35)17-21(11-9-7-2)28(20)25(33)13-12-24(32)27-18-22-19-31(15-14-26(22)38-27)29(34)36-30(3,4)5/h16,18H,6-15,19H2,1-5H3. The topological polar surface area (TPSA) is 92.8 Å². The van der Waals surface area contributed by atoms with Crippen molar-refractivity contribution in [2.24, 2.45) is 0 Å². The number of amides is 1. The molecule has 2 aromatic rings. The van der Waals surface area contributed by atoms with Crippen molar-refractivity contribution in [2.75, 3.05) is 6.54 Å². The maximum Gasteiger partial charge on any atom is 0.410 e. The van der Waals surface area contributed by atoms with E-state index in [0.29, 0.717) is 48.4 Å². The fourth-order valence-corrected chi connectivity index (χ4v) is 5.73. The molecular weight excluding hydrogens is 502 g/mol. The van der Waals surface area contributed by atoms with Gasteiger partial charge in [-0.15, -0.1) is 11.3 Å². The lowest BCUT2D eigenvalue weighted by molar-refractivity contribution is -0.208. The van der Waals surface area contributed by atoms with E-state index < -0.39 is 5.60 Å². The molecule has 0 bridgehead atoms. The molecule has 206 valence electrons. The van der Waals surface area contributed by atoms with E-state index in [1.54, 1.807) is 11.0 Å². The van der Waals surface area contributed by atoms with Gasteiger partial charge in [-0.25, -0.2) is 4.79 Å². The predicted octanol–water partition coefficient (Wildman–Crippen LogP) is 7.10. The van der Waals surface area contributed by atoms with E-state index in [0.717, 1.165) is 41.7 Å². The molecule has 1 aliphatic rings. The molecule has 0 aliphatic carbocycles. The number of thiophene rings is 1. The van der Waals surface area contributed by atoms with Crippen LogP contribution in [0.2, 0.25) is 0 Å². The Morgan fingerprint density at radius 1 is 1.03 bits per heavy atom. The van der Waals surface area contributed by atoms with Crippen molar-refractivity contribution in [3.8, 4) is 5.75 Å². The number of unbranched alkanes of at least 4 members (excludes halogenated alkanes) is 2. The number of carbonyl (C=O) groups is 3. The highest BCUT2D eigenvalue weighted by Crippen LogP contribution is 2.31. The number of hydrogen-bond donors (Lipinski definition) is 0. The minimum Gasteiger partial charge on any atom is -0.444 e. The van der Waals surface area contributed by atoms with Gasteiger partial charge >= 0.3 is 6.09 Å². The molecule has 7 nitrogen and oxygen atoms in total. The molecular formula is C30H39NO6S. The van der Waals surface area contributed by atoms with Gasteiger partial charge in [0.25, 0.3) is 0 Å². The number of rotatable bonds is 12.